The van der Waals surface area contributed by atoms with Crippen molar-refractivity contribution in [1.29, 1.82) is 0 Å². The summed E-state index contributed by atoms with van der Waals surface area (Å²) in [4.78, 5) is 12.2. The second-order valence-corrected chi connectivity index (χ2v) is 5.21. The van der Waals surface area contributed by atoms with E-state index in [1.807, 2.05) is 41.4 Å². The minimum atomic E-state index is -0.180. The third-order valence-electron chi connectivity index (χ3n) is 3.70. The van der Waals surface area contributed by atoms with Crippen molar-refractivity contribution in [1.82, 2.24) is 34.8 Å². The van der Waals surface area contributed by atoms with E-state index in [0.29, 0.717) is 18.7 Å². The quantitative estimate of drug-likeness (QED) is 0.710. The van der Waals surface area contributed by atoms with Crippen molar-refractivity contribution in [2.45, 2.75) is 19.9 Å². The number of nitrogens with zero attached hydrogens (tertiary/aromatic N) is 5. The topological polar surface area (TPSA) is 93.4 Å². The predicted molar refractivity (Wildman–Crippen MR) is 84.7 cm³/mol. The molecule has 1 amide bonds. The Labute approximate surface area is 133 Å². The molecule has 2 N–H and O–H groups in total. The third kappa shape index (κ3) is 3.15. The first-order valence-corrected chi connectivity index (χ1v) is 7.51. The lowest BCUT2D eigenvalue weighted by Gasteiger charge is -2.04. The van der Waals surface area contributed by atoms with E-state index in [4.69, 9.17) is 0 Å². The Morgan fingerprint density at radius 2 is 2.30 bits per heavy atom. The van der Waals surface area contributed by atoms with Gasteiger partial charge in [-0.15, -0.1) is 10.2 Å². The van der Waals surface area contributed by atoms with Gasteiger partial charge in [-0.1, -0.05) is 0 Å². The molecule has 8 heteroatoms. The number of amides is 1. The van der Waals surface area contributed by atoms with Crippen LogP contribution in [0.2, 0.25) is 0 Å². The van der Waals surface area contributed by atoms with E-state index in [9.17, 15) is 4.79 Å². The van der Waals surface area contributed by atoms with Crippen LogP contribution in [0.3, 0.4) is 0 Å². The van der Waals surface area contributed by atoms with Crippen LogP contribution in [-0.2, 0) is 20.0 Å². The summed E-state index contributed by atoms with van der Waals surface area (Å²) in [6.45, 7) is 3.34. The first kappa shape index (κ1) is 15.0. The van der Waals surface area contributed by atoms with Gasteiger partial charge in [-0.3, -0.25) is 9.89 Å². The molecule has 3 aromatic heterocycles. The van der Waals surface area contributed by atoms with Gasteiger partial charge in [-0.05, 0) is 25.1 Å². The van der Waals surface area contributed by atoms with Gasteiger partial charge in [0.25, 0.3) is 5.91 Å². The zero-order valence-electron chi connectivity index (χ0n) is 13.2. The Morgan fingerprint density at radius 1 is 1.43 bits per heavy atom. The van der Waals surface area contributed by atoms with E-state index in [0.717, 1.165) is 23.8 Å². The molecule has 0 unspecified atom stereocenters. The van der Waals surface area contributed by atoms with Gasteiger partial charge >= 0.3 is 0 Å². The molecule has 0 bridgehead atoms. The summed E-state index contributed by atoms with van der Waals surface area (Å²) in [5, 5.41) is 17.7. The molecule has 0 aliphatic rings. The largest absolute Gasteiger partial charge is 0.350 e. The highest BCUT2D eigenvalue weighted by Crippen LogP contribution is 2.17. The normalized spacial score (nSPS) is 10.9. The van der Waals surface area contributed by atoms with E-state index >= 15 is 0 Å². The summed E-state index contributed by atoms with van der Waals surface area (Å²) in [5.41, 5.74) is 2.14. The maximum absolute atomic E-state index is 12.2. The molecule has 3 heterocycles. The van der Waals surface area contributed by atoms with Crippen molar-refractivity contribution >= 4 is 5.91 Å². The number of rotatable bonds is 6. The van der Waals surface area contributed by atoms with Gasteiger partial charge < -0.3 is 14.5 Å². The van der Waals surface area contributed by atoms with Crippen molar-refractivity contribution in [3.05, 3.63) is 42.2 Å². The third-order valence-corrected chi connectivity index (χ3v) is 3.70. The number of aromatic amines is 1. The average Bonchev–Trinajstić information content (AvgIpc) is 3.26. The zero-order chi connectivity index (χ0) is 16.2. The first-order chi connectivity index (χ1) is 11.2. The molecule has 0 saturated heterocycles. The molecule has 0 fully saturated rings. The molecule has 0 radical (unpaired) electrons. The highest BCUT2D eigenvalue weighted by molar-refractivity contribution is 5.93. The Hall–Kier alpha value is -2.90. The maximum Gasteiger partial charge on any atom is 0.269 e. The molecule has 23 heavy (non-hydrogen) atoms. The van der Waals surface area contributed by atoms with E-state index < -0.39 is 0 Å². The Bertz CT molecular complexity index is 798. The number of H-pyrrole nitrogens is 1. The lowest BCUT2D eigenvalue weighted by Crippen LogP contribution is -2.26. The SMILES string of the molecule is CCn1cnnc1CCNC(=O)c1cc(-c2cccn2C)n[nH]1. The molecule has 0 aliphatic heterocycles. The van der Waals surface area contributed by atoms with Crippen LogP contribution in [0.4, 0.5) is 0 Å². The molecule has 0 saturated carbocycles. The fraction of sp³-hybridized carbons (Fsp3) is 0.333. The number of aromatic nitrogens is 6. The van der Waals surface area contributed by atoms with E-state index in [2.05, 4.69) is 25.7 Å². The van der Waals surface area contributed by atoms with Gasteiger partial charge in [-0.25, -0.2) is 0 Å². The van der Waals surface area contributed by atoms with Gasteiger partial charge in [0.15, 0.2) is 0 Å². The maximum atomic E-state index is 12.2. The fourth-order valence-corrected chi connectivity index (χ4v) is 2.42. The van der Waals surface area contributed by atoms with Crippen LogP contribution in [0.25, 0.3) is 11.4 Å². The minimum Gasteiger partial charge on any atom is -0.350 e. The molecule has 0 atom stereocenters. The number of carbonyl (C=O) groups excluding carboxylic acids is 1. The lowest BCUT2D eigenvalue weighted by molar-refractivity contribution is 0.0949. The average molecular weight is 313 g/mol. The Kier molecular flexibility index (Phi) is 4.22. The summed E-state index contributed by atoms with van der Waals surface area (Å²) in [6, 6.07) is 5.64. The van der Waals surface area contributed by atoms with Crippen LogP contribution in [0, 0.1) is 0 Å². The molecule has 0 aromatic carbocycles. The molecule has 0 aliphatic carbocycles. The monoisotopic (exact) mass is 313 g/mol. The number of hydrogen-bond acceptors (Lipinski definition) is 4. The van der Waals surface area contributed by atoms with Crippen LogP contribution in [0.5, 0.6) is 0 Å². The molecule has 8 nitrogen and oxygen atoms in total. The summed E-state index contributed by atoms with van der Waals surface area (Å²) in [7, 11) is 1.94. The number of aryl methyl sites for hydroxylation is 2. The van der Waals surface area contributed by atoms with E-state index in [1.165, 1.54) is 0 Å². The van der Waals surface area contributed by atoms with E-state index in [1.54, 1.807) is 12.4 Å². The predicted octanol–water partition coefficient (Wildman–Crippen LogP) is 0.999. The zero-order valence-corrected chi connectivity index (χ0v) is 13.2. The van der Waals surface area contributed by atoms with Crippen LogP contribution in [-0.4, -0.2) is 42.0 Å². The second-order valence-electron chi connectivity index (χ2n) is 5.21. The van der Waals surface area contributed by atoms with Crippen molar-refractivity contribution < 1.29 is 4.79 Å². The van der Waals surface area contributed by atoms with Crippen molar-refractivity contribution in [3.63, 3.8) is 0 Å². The minimum absolute atomic E-state index is 0.180. The molecule has 120 valence electrons. The van der Waals surface area contributed by atoms with Gasteiger partial charge in [0.2, 0.25) is 0 Å². The fourth-order valence-electron chi connectivity index (χ4n) is 2.42. The summed E-state index contributed by atoms with van der Waals surface area (Å²) in [6.07, 6.45) is 4.27. The van der Waals surface area contributed by atoms with Crippen molar-refractivity contribution in [2.75, 3.05) is 6.54 Å². The van der Waals surface area contributed by atoms with Gasteiger partial charge in [0.05, 0.1) is 5.69 Å². The first-order valence-electron chi connectivity index (χ1n) is 7.51. The molecular formula is C15H19N7O. The van der Waals surface area contributed by atoms with Gasteiger partial charge in [0.1, 0.15) is 23.5 Å². The molecule has 0 spiro atoms. The number of hydrogen-bond donors (Lipinski definition) is 2. The van der Waals surface area contributed by atoms with Crippen LogP contribution in [0.1, 0.15) is 23.2 Å². The summed E-state index contributed by atoms with van der Waals surface area (Å²) < 4.78 is 3.91. The Morgan fingerprint density at radius 3 is 3.04 bits per heavy atom. The van der Waals surface area contributed by atoms with Gasteiger partial charge in [0, 0.05) is 32.8 Å². The smallest absolute Gasteiger partial charge is 0.269 e. The lowest BCUT2D eigenvalue weighted by atomic mass is 10.2. The Balaban J connectivity index is 1.59. The van der Waals surface area contributed by atoms with E-state index in [-0.39, 0.29) is 5.91 Å². The van der Waals surface area contributed by atoms with Crippen LogP contribution >= 0.6 is 0 Å². The van der Waals surface area contributed by atoms with Crippen molar-refractivity contribution in [3.8, 4) is 11.4 Å². The van der Waals surface area contributed by atoms with Crippen molar-refractivity contribution in [2.24, 2.45) is 7.05 Å². The summed E-state index contributed by atoms with van der Waals surface area (Å²) in [5.74, 6) is 0.683. The molecule has 3 rings (SSSR count). The standard InChI is InChI=1S/C15H19N7O/c1-3-22-10-17-20-14(22)6-7-16-15(23)12-9-11(18-19-12)13-5-4-8-21(13)2/h4-5,8-10H,3,6-7H2,1-2H3,(H,16,23)(H,18,19). The number of carbonyl (C=O) groups is 1. The van der Waals surface area contributed by atoms with Crippen LogP contribution in [0.15, 0.2) is 30.7 Å². The highest BCUT2D eigenvalue weighted by Gasteiger charge is 2.12. The number of nitrogens with one attached hydrogen (secondary N) is 2. The molecular weight excluding hydrogens is 294 g/mol. The van der Waals surface area contributed by atoms with Gasteiger partial charge in [-0.2, -0.15) is 5.10 Å². The molecule has 3 aromatic rings. The summed E-state index contributed by atoms with van der Waals surface area (Å²) >= 11 is 0. The highest BCUT2D eigenvalue weighted by atomic mass is 16.1. The van der Waals surface area contributed by atoms with Crippen LogP contribution < -0.4 is 5.32 Å². The second kappa shape index (κ2) is 6.47.